The first-order valence-corrected chi connectivity index (χ1v) is 6.00. The van der Waals surface area contributed by atoms with Gasteiger partial charge in [0.15, 0.2) is 0 Å². The van der Waals surface area contributed by atoms with Gasteiger partial charge in [0.05, 0.1) is 12.6 Å². The molecule has 2 heterocycles. The van der Waals surface area contributed by atoms with E-state index in [2.05, 4.69) is 0 Å². The van der Waals surface area contributed by atoms with Crippen LogP contribution < -0.4 is 5.73 Å². The van der Waals surface area contributed by atoms with Gasteiger partial charge in [0.2, 0.25) is 11.8 Å². The Bertz CT molecular complexity index is 287. The summed E-state index contributed by atoms with van der Waals surface area (Å²) in [5.41, 5.74) is 5.68. The zero-order valence-corrected chi connectivity index (χ0v) is 9.52. The van der Waals surface area contributed by atoms with Crippen molar-refractivity contribution < 1.29 is 9.59 Å². The number of amides is 2. The van der Waals surface area contributed by atoms with Crippen molar-refractivity contribution in [2.45, 2.75) is 31.7 Å². The normalized spacial score (nSPS) is 26.3. The Hall–Kier alpha value is -1.10. The van der Waals surface area contributed by atoms with Gasteiger partial charge >= 0.3 is 0 Å². The molecule has 0 saturated carbocycles. The molecule has 0 radical (unpaired) electrons. The molecule has 0 unspecified atom stereocenters. The summed E-state index contributed by atoms with van der Waals surface area (Å²) < 4.78 is 0. The summed E-state index contributed by atoms with van der Waals surface area (Å²) in [6.45, 7) is 2.57. The van der Waals surface area contributed by atoms with Crippen LogP contribution in [0.2, 0.25) is 0 Å². The molecular weight excluding hydrogens is 206 g/mol. The van der Waals surface area contributed by atoms with E-state index in [-0.39, 0.29) is 18.4 Å². The van der Waals surface area contributed by atoms with E-state index in [4.69, 9.17) is 5.73 Å². The SMILES string of the molecule is N[C@H]1CCCN(CC(=O)N2CCCC2)C1=O. The van der Waals surface area contributed by atoms with Gasteiger partial charge in [0, 0.05) is 19.6 Å². The summed E-state index contributed by atoms with van der Waals surface area (Å²) >= 11 is 0. The lowest BCUT2D eigenvalue weighted by Crippen LogP contribution is -2.51. The number of hydrogen-bond donors (Lipinski definition) is 1. The molecule has 90 valence electrons. The van der Waals surface area contributed by atoms with E-state index in [1.54, 1.807) is 4.90 Å². The van der Waals surface area contributed by atoms with Gasteiger partial charge < -0.3 is 15.5 Å². The lowest BCUT2D eigenvalue weighted by molar-refractivity contribution is -0.142. The Balaban J connectivity index is 1.88. The number of carbonyl (C=O) groups excluding carboxylic acids is 2. The highest BCUT2D eigenvalue weighted by Crippen LogP contribution is 2.12. The third-order valence-corrected chi connectivity index (χ3v) is 3.36. The topological polar surface area (TPSA) is 66.6 Å². The van der Waals surface area contributed by atoms with Crippen molar-refractivity contribution in [3.63, 3.8) is 0 Å². The van der Waals surface area contributed by atoms with E-state index in [9.17, 15) is 9.59 Å². The molecule has 2 saturated heterocycles. The summed E-state index contributed by atoms with van der Waals surface area (Å²) in [5, 5.41) is 0. The minimum absolute atomic E-state index is 0.0694. The van der Waals surface area contributed by atoms with Crippen LogP contribution >= 0.6 is 0 Å². The molecule has 5 heteroatoms. The molecule has 0 aromatic rings. The van der Waals surface area contributed by atoms with Crippen LogP contribution in [0.4, 0.5) is 0 Å². The maximum atomic E-state index is 11.9. The third kappa shape index (κ3) is 2.35. The van der Waals surface area contributed by atoms with Gasteiger partial charge in [-0.05, 0) is 25.7 Å². The molecule has 2 aliphatic heterocycles. The van der Waals surface area contributed by atoms with Gasteiger partial charge in [0.1, 0.15) is 0 Å². The van der Waals surface area contributed by atoms with Gasteiger partial charge in [-0.15, -0.1) is 0 Å². The molecule has 2 N–H and O–H groups in total. The first kappa shape index (κ1) is 11.4. The summed E-state index contributed by atoms with van der Waals surface area (Å²) in [7, 11) is 0. The molecule has 2 fully saturated rings. The van der Waals surface area contributed by atoms with E-state index in [1.807, 2.05) is 4.90 Å². The first-order chi connectivity index (χ1) is 7.68. The maximum Gasteiger partial charge on any atom is 0.242 e. The van der Waals surface area contributed by atoms with Gasteiger partial charge in [0.25, 0.3) is 0 Å². The van der Waals surface area contributed by atoms with Crippen LogP contribution in [-0.4, -0.2) is 53.8 Å². The number of carbonyl (C=O) groups is 2. The standard InChI is InChI=1S/C11H19N3O2/c12-9-4-3-7-14(11(9)16)8-10(15)13-5-1-2-6-13/h9H,1-8,12H2/t9-/m0/s1. The van der Waals surface area contributed by atoms with Crippen LogP contribution in [0.25, 0.3) is 0 Å². The Kier molecular flexibility index (Phi) is 3.43. The maximum absolute atomic E-state index is 11.9. The number of nitrogens with zero attached hydrogens (tertiary/aromatic N) is 2. The molecular formula is C11H19N3O2. The summed E-state index contributed by atoms with van der Waals surface area (Å²) in [6, 6.07) is -0.403. The van der Waals surface area contributed by atoms with Crippen molar-refractivity contribution >= 4 is 11.8 Å². The Labute approximate surface area is 95.6 Å². The van der Waals surface area contributed by atoms with Crippen LogP contribution in [-0.2, 0) is 9.59 Å². The average Bonchev–Trinajstić information content (AvgIpc) is 2.78. The van der Waals surface area contributed by atoms with E-state index in [0.29, 0.717) is 6.54 Å². The van der Waals surface area contributed by atoms with Crippen molar-refractivity contribution in [1.82, 2.24) is 9.80 Å². The second-order valence-electron chi connectivity index (χ2n) is 4.60. The Morgan fingerprint density at radius 3 is 2.62 bits per heavy atom. The fraction of sp³-hybridized carbons (Fsp3) is 0.818. The van der Waals surface area contributed by atoms with E-state index >= 15 is 0 Å². The molecule has 5 nitrogen and oxygen atoms in total. The van der Waals surface area contributed by atoms with Crippen molar-refractivity contribution in [2.24, 2.45) is 5.73 Å². The molecule has 2 rings (SSSR count). The highest BCUT2D eigenvalue weighted by atomic mass is 16.2. The van der Waals surface area contributed by atoms with Crippen LogP contribution in [0.15, 0.2) is 0 Å². The molecule has 2 amide bonds. The highest BCUT2D eigenvalue weighted by molar-refractivity contribution is 5.88. The third-order valence-electron chi connectivity index (χ3n) is 3.36. The molecule has 0 aliphatic carbocycles. The van der Waals surface area contributed by atoms with Crippen LogP contribution in [0.3, 0.4) is 0 Å². The van der Waals surface area contributed by atoms with Gasteiger partial charge in [-0.3, -0.25) is 9.59 Å². The number of piperidine rings is 1. The van der Waals surface area contributed by atoms with Gasteiger partial charge in [-0.25, -0.2) is 0 Å². The van der Waals surface area contributed by atoms with Gasteiger partial charge in [-0.1, -0.05) is 0 Å². The smallest absolute Gasteiger partial charge is 0.242 e. The predicted molar refractivity (Wildman–Crippen MR) is 59.6 cm³/mol. The fourth-order valence-electron chi connectivity index (χ4n) is 2.36. The van der Waals surface area contributed by atoms with Crippen molar-refractivity contribution in [3.05, 3.63) is 0 Å². The molecule has 2 aliphatic rings. The van der Waals surface area contributed by atoms with Crippen molar-refractivity contribution in [2.75, 3.05) is 26.2 Å². The minimum atomic E-state index is -0.403. The molecule has 0 aromatic heterocycles. The lowest BCUT2D eigenvalue weighted by Gasteiger charge is -2.31. The highest BCUT2D eigenvalue weighted by Gasteiger charge is 2.28. The quantitative estimate of drug-likeness (QED) is 0.692. The number of rotatable bonds is 2. The van der Waals surface area contributed by atoms with Crippen LogP contribution in [0.5, 0.6) is 0 Å². The average molecular weight is 225 g/mol. The lowest BCUT2D eigenvalue weighted by atomic mass is 10.1. The van der Waals surface area contributed by atoms with Crippen LogP contribution in [0, 0.1) is 0 Å². The number of likely N-dealkylation sites (tertiary alicyclic amines) is 2. The summed E-state index contributed by atoms with van der Waals surface area (Å²) in [4.78, 5) is 27.0. The second kappa shape index (κ2) is 4.82. The van der Waals surface area contributed by atoms with Gasteiger partial charge in [-0.2, -0.15) is 0 Å². The molecule has 0 bridgehead atoms. The summed E-state index contributed by atoms with van der Waals surface area (Å²) in [6.07, 6.45) is 3.81. The predicted octanol–water partition coefficient (Wildman–Crippen LogP) is -0.441. The Morgan fingerprint density at radius 1 is 1.25 bits per heavy atom. The van der Waals surface area contributed by atoms with Crippen molar-refractivity contribution in [3.8, 4) is 0 Å². The second-order valence-corrected chi connectivity index (χ2v) is 4.60. The van der Waals surface area contributed by atoms with E-state index < -0.39 is 6.04 Å². The van der Waals surface area contributed by atoms with E-state index in [1.165, 1.54) is 0 Å². The zero-order chi connectivity index (χ0) is 11.5. The first-order valence-electron chi connectivity index (χ1n) is 6.00. The summed E-state index contributed by atoms with van der Waals surface area (Å²) in [5.74, 6) is -0.00116. The Morgan fingerprint density at radius 2 is 1.94 bits per heavy atom. The number of hydrogen-bond acceptors (Lipinski definition) is 3. The van der Waals surface area contributed by atoms with E-state index in [0.717, 1.165) is 38.8 Å². The molecule has 1 atom stereocenters. The fourth-order valence-corrected chi connectivity index (χ4v) is 2.36. The monoisotopic (exact) mass is 225 g/mol. The van der Waals surface area contributed by atoms with Crippen molar-refractivity contribution in [1.29, 1.82) is 0 Å². The largest absolute Gasteiger partial charge is 0.341 e. The minimum Gasteiger partial charge on any atom is -0.341 e. The molecule has 16 heavy (non-hydrogen) atoms. The zero-order valence-electron chi connectivity index (χ0n) is 9.52. The molecule has 0 aromatic carbocycles. The number of nitrogens with two attached hydrogens (primary N) is 1. The molecule has 0 spiro atoms. The van der Waals surface area contributed by atoms with Crippen LogP contribution in [0.1, 0.15) is 25.7 Å².